The molecule has 4 atom stereocenters. The second kappa shape index (κ2) is 4.90. The first-order valence-corrected chi connectivity index (χ1v) is 6.21. The molecule has 2 saturated carbocycles. The van der Waals surface area contributed by atoms with Crippen LogP contribution in [0.2, 0.25) is 0 Å². The number of nitrogens with two attached hydrogens (primary N) is 1. The Morgan fingerprint density at radius 3 is 2.78 bits per heavy atom. The van der Waals surface area contributed by atoms with Crippen molar-refractivity contribution in [1.29, 1.82) is 0 Å². The van der Waals surface area contributed by atoms with Gasteiger partial charge in [-0.2, -0.15) is 5.10 Å². The summed E-state index contributed by atoms with van der Waals surface area (Å²) >= 11 is 0. The number of carbonyl (C=O) groups excluding carboxylic acids is 1. The number of aryl methyl sites for hydroxylation is 1. The van der Waals surface area contributed by atoms with Crippen LogP contribution in [0.5, 0.6) is 0 Å². The van der Waals surface area contributed by atoms with Crippen LogP contribution in [0.3, 0.4) is 0 Å². The van der Waals surface area contributed by atoms with E-state index in [9.17, 15) is 4.79 Å². The number of nitrogens with one attached hydrogen (secondary N) is 1. The lowest BCUT2D eigenvalue weighted by molar-refractivity contribution is -0.121. The Balaban J connectivity index is 0.00000120. The number of hydrogen-bond acceptors (Lipinski definition) is 3. The molecule has 3 rings (SSSR count). The molecule has 2 bridgehead atoms. The Kier molecular flexibility index (Phi) is 3.64. The van der Waals surface area contributed by atoms with Crippen LogP contribution in [0.25, 0.3) is 0 Å². The first-order valence-electron chi connectivity index (χ1n) is 6.21. The molecule has 2 aliphatic carbocycles. The Morgan fingerprint density at radius 1 is 1.50 bits per heavy atom. The van der Waals surface area contributed by atoms with Gasteiger partial charge in [0.15, 0.2) is 5.82 Å². The predicted molar refractivity (Wildman–Crippen MR) is 71.4 cm³/mol. The van der Waals surface area contributed by atoms with Gasteiger partial charge in [0.25, 0.3) is 0 Å². The van der Waals surface area contributed by atoms with Crippen molar-refractivity contribution in [3.63, 3.8) is 0 Å². The zero-order valence-corrected chi connectivity index (χ0v) is 11.2. The molecule has 0 saturated heterocycles. The molecule has 0 aliphatic heterocycles. The molecule has 0 aromatic carbocycles. The molecule has 100 valence electrons. The Hall–Kier alpha value is -1.07. The van der Waals surface area contributed by atoms with E-state index >= 15 is 0 Å². The normalized spacial score (nSPS) is 33.2. The third kappa shape index (κ3) is 2.12. The molecule has 1 amide bonds. The molecule has 18 heavy (non-hydrogen) atoms. The minimum atomic E-state index is -0.0178. The summed E-state index contributed by atoms with van der Waals surface area (Å²) in [7, 11) is 1.83. The molecule has 2 aliphatic rings. The smallest absolute Gasteiger partial charge is 0.230 e. The highest BCUT2D eigenvalue weighted by atomic mass is 35.5. The summed E-state index contributed by atoms with van der Waals surface area (Å²) in [5.41, 5.74) is 6.14. The maximum atomic E-state index is 12.2. The van der Waals surface area contributed by atoms with E-state index in [0.29, 0.717) is 17.7 Å². The topological polar surface area (TPSA) is 72.9 Å². The zero-order chi connectivity index (χ0) is 12.0. The number of nitrogens with zero attached hydrogens (tertiary/aromatic N) is 2. The average molecular weight is 271 g/mol. The Bertz CT molecular complexity index is 445. The van der Waals surface area contributed by atoms with Crippen molar-refractivity contribution < 1.29 is 4.79 Å². The van der Waals surface area contributed by atoms with Gasteiger partial charge in [-0.15, -0.1) is 12.4 Å². The van der Waals surface area contributed by atoms with Crippen LogP contribution in [0, 0.1) is 17.8 Å². The third-order valence-electron chi connectivity index (χ3n) is 4.25. The molecular formula is C12H19ClN4O. The number of anilines is 1. The molecule has 4 unspecified atom stereocenters. The minimum absolute atomic E-state index is 0. The third-order valence-corrected chi connectivity index (χ3v) is 4.25. The summed E-state index contributed by atoms with van der Waals surface area (Å²) < 4.78 is 1.68. The SMILES string of the molecule is Cl.Cn1ccc(NC(=O)C2C3CCC(C3)C2N)n1. The average Bonchev–Trinajstić information content (AvgIpc) is 2.94. The van der Waals surface area contributed by atoms with E-state index in [2.05, 4.69) is 10.4 Å². The number of halogens is 1. The second-order valence-electron chi connectivity index (χ2n) is 5.30. The molecule has 3 N–H and O–H groups in total. The standard InChI is InChI=1S/C12H18N4O.ClH/c1-16-5-4-9(15-16)14-12(17)10-7-2-3-8(6-7)11(10)13;/h4-5,7-8,10-11H,2-3,6,13H2,1H3,(H,14,15,17);1H. The van der Waals surface area contributed by atoms with E-state index in [-0.39, 0.29) is 30.3 Å². The van der Waals surface area contributed by atoms with E-state index in [0.717, 1.165) is 12.8 Å². The number of aromatic nitrogens is 2. The quantitative estimate of drug-likeness (QED) is 0.847. The van der Waals surface area contributed by atoms with Crippen LogP contribution in [0.1, 0.15) is 19.3 Å². The molecule has 0 radical (unpaired) electrons. The molecule has 1 heterocycles. The second-order valence-corrected chi connectivity index (χ2v) is 5.30. The maximum Gasteiger partial charge on any atom is 0.230 e. The number of carbonyl (C=O) groups is 1. The van der Waals surface area contributed by atoms with E-state index in [4.69, 9.17) is 5.73 Å². The van der Waals surface area contributed by atoms with Crippen LogP contribution in [-0.4, -0.2) is 21.7 Å². The summed E-state index contributed by atoms with van der Waals surface area (Å²) in [4.78, 5) is 12.2. The highest BCUT2D eigenvalue weighted by Gasteiger charge is 2.49. The van der Waals surface area contributed by atoms with Gasteiger partial charge < -0.3 is 11.1 Å². The molecule has 1 aromatic heterocycles. The fraction of sp³-hybridized carbons (Fsp3) is 0.667. The summed E-state index contributed by atoms with van der Waals surface area (Å²) in [6.07, 6.45) is 5.29. The van der Waals surface area contributed by atoms with Crippen LogP contribution < -0.4 is 11.1 Å². The van der Waals surface area contributed by atoms with Gasteiger partial charge in [-0.3, -0.25) is 9.48 Å². The van der Waals surface area contributed by atoms with Crippen molar-refractivity contribution in [3.05, 3.63) is 12.3 Å². The largest absolute Gasteiger partial charge is 0.327 e. The molecule has 5 nitrogen and oxygen atoms in total. The van der Waals surface area contributed by atoms with Gasteiger partial charge in [0, 0.05) is 25.4 Å². The van der Waals surface area contributed by atoms with Gasteiger partial charge in [0.1, 0.15) is 0 Å². The first-order chi connectivity index (χ1) is 8.15. The first kappa shape index (κ1) is 13.4. The van der Waals surface area contributed by atoms with Crippen LogP contribution >= 0.6 is 12.4 Å². The lowest BCUT2D eigenvalue weighted by atomic mass is 9.84. The summed E-state index contributed by atoms with van der Waals surface area (Å²) in [5.74, 6) is 1.69. The highest BCUT2D eigenvalue weighted by Crippen LogP contribution is 2.47. The molecular weight excluding hydrogens is 252 g/mol. The van der Waals surface area contributed by atoms with E-state index in [1.807, 2.05) is 13.2 Å². The van der Waals surface area contributed by atoms with Crippen LogP contribution in [0.4, 0.5) is 5.82 Å². The molecule has 0 spiro atoms. The maximum absolute atomic E-state index is 12.2. The van der Waals surface area contributed by atoms with Crippen molar-refractivity contribution in [2.45, 2.75) is 25.3 Å². The van der Waals surface area contributed by atoms with Gasteiger partial charge >= 0.3 is 0 Å². The number of fused-ring (bicyclic) bond motifs is 2. The van der Waals surface area contributed by atoms with Gasteiger partial charge in [0.05, 0.1) is 5.92 Å². The van der Waals surface area contributed by atoms with Crippen LogP contribution in [0.15, 0.2) is 12.3 Å². The minimum Gasteiger partial charge on any atom is -0.327 e. The van der Waals surface area contributed by atoms with Gasteiger partial charge in [-0.05, 0) is 31.1 Å². The molecule has 2 fully saturated rings. The fourth-order valence-corrected chi connectivity index (χ4v) is 3.42. The van der Waals surface area contributed by atoms with E-state index in [1.54, 1.807) is 10.7 Å². The van der Waals surface area contributed by atoms with Crippen molar-refractivity contribution in [2.24, 2.45) is 30.5 Å². The van der Waals surface area contributed by atoms with Crippen molar-refractivity contribution in [1.82, 2.24) is 9.78 Å². The lowest BCUT2D eigenvalue weighted by Gasteiger charge is -2.26. The van der Waals surface area contributed by atoms with Gasteiger partial charge in [0.2, 0.25) is 5.91 Å². The van der Waals surface area contributed by atoms with Crippen molar-refractivity contribution in [3.8, 4) is 0 Å². The van der Waals surface area contributed by atoms with E-state index in [1.165, 1.54) is 6.42 Å². The Morgan fingerprint density at radius 2 is 2.22 bits per heavy atom. The number of amides is 1. The van der Waals surface area contributed by atoms with Crippen LogP contribution in [-0.2, 0) is 11.8 Å². The fourth-order valence-electron chi connectivity index (χ4n) is 3.42. The summed E-state index contributed by atoms with van der Waals surface area (Å²) in [6, 6.07) is 1.84. The predicted octanol–water partition coefficient (Wildman–Crippen LogP) is 1.15. The van der Waals surface area contributed by atoms with Crippen molar-refractivity contribution >= 4 is 24.1 Å². The van der Waals surface area contributed by atoms with E-state index < -0.39 is 0 Å². The summed E-state index contributed by atoms with van der Waals surface area (Å²) in [5, 5.41) is 7.02. The lowest BCUT2D eigenvalue weighted by Crippen LogP contribution is -2.42. The molecule has 6 heteroatoms. The molecule has 1 aromatic rings. The highest BCUT2D eigenvalue weighted by molar-refractivity contribution is 5.92. The number of hydrogen-bond donors (Lipinski definition) is 2. The number of rotatable bonds is 2. The Labute approximate surface area is 113 Å². The monoisotopic (exact) mass is 270 g/mol. The zero-order valence-electron chi connectivity index (χ0n) is 10.4. The van der Waals surface area contributed by atoms with Crippen molar-refractivity contribution in [2.75, 3.05) is 5.32 Å². The van der Waals surface area contributed by atoms with Gasteiger partial charge in [-0.1, -0.05) is 0 Å². The summed E-state index contributed by atoms with van der Waals surface area (Å²) in [6.45, 7) is 0. The van der Waals surface area contributed by atoms with Gasteiger partial charge in [-0.25, -0.2) is 0 Å².